The summed E-state index contributed by atoms with van der Waals surface area (Å²) in [4.78, 5) is 28.2. The van der Waals surface area contributed by atoms with Gasteiger partial charge in [-0.2, -0.15) is 4.31 Å². The van der Waals surface area contributed by atoms with E-state index in [4.69, 9.17) is 0 Å². The van der Waals surface area contributed by atoms with E-state index in [0.29, 0.717) is 44.6 Å². The third kappa shape index (κ3) is 5.21. The van der Waals surface area contributed by atoms with E-state index in [9.17, 15) is 18.0 Å². The number of hydrogen-bond donors (Lipinski definition) is 1. The molecule has 4 rings (SSSR count). The van der Waals surface area contributed by atoms with E-state index in [0.717, 1.165) is 22.0 Å². The van der Waals surface area contributed by atoms with Crippen molar-refractivity contribution in [2.75, 3.05) is 25.0 Å². The largest absolute Gasteiger partial charge is 0.330 e. The van der Waals surface area contributed by atoms with E-state index in [1.165, 1.54) is 4.31 Å². The second-order valence-corrected chi connectivity index (χ2v) is 11.9. The monoisotopic (exact) mass is 547 g/mol. The Bertz CT molecular complexity index is 1180. The average molecular weight is 549 g/mol. The number of hydrogen-bond acceptors (Lipinski definition) is 4. The van der Waals surface area contributed by atoms with Crippen molar-refractivity contribution in [3.05, 3.63) is 58.1 Å². The van der Waals surface area contributed by atoms with Crippen LogP contribution in [0, 0.1) is 19.8 Å². The molecule has 9 heteroatoms. The van der Waals surface area contributed by atoms with Crippen molar-refractivity contribution in [3.63, 3.8) is 0 Å². The second kappa shape index (κ2) is 10.2. The van der Waals surface area contributed by atoms with E-state index in [1.54, 1.807) is 29.2 Å². The summed E-state index contributed by atoms with van der Waals surface area (Å²) in [7, 11) is -3.57. The number of rotatable bonds is 5. The van der Waals surface area contributed by atoms with Gasteiger partial charge in [-0.1, -0.05) is 33.6 Å². The minimum Gasteiger partial charge on any atom is -0.330 e. The summed E-state index contributed by atoms with van der Waals surface area (Å²) in [6.45, 7) is 5.03. The predicted molar refractivity (Wildman–Crippen MR) is 135 cm³/mol. The van der Waals surface area contributed by atoms with Crippen LogP contribution in [0.15, 0.2) is 51.8 Å². The van der Waals surface area contributed by atoms with Crippen molar-refractivity contribution in [1.29, 1.82) is 0 Å². The molecule has 0 aromatic heterocycles. The van der Waals surface area contributed by atoms with Crippen LogP contribution in [0.2, 0.25) is 0 Å². The lowest BCUT2D eigenvalue weighted by Gasteiger charge is -2.34. The van der Waals surface area contributed by atoms with Crippen molar-refractivity contribution >= 4 is 43.5 Å². The lowest BCUT2D eigenvalue weighted by Crippen LogP contribution is -2.48. The number of carbonyl (C=O) groups excluding carboxylic acids is 2. The van der Waals surface area contributed by atoms with E-state index in [1.807, 2.05) is 32.0 Å². The van der Waals surface area contributed by atoms with Crippen LogP contribution in [-0.2, 0) is 19.6 Å². The smallest absolute Gasteiger partial charge is 0.247 e. The molecule has 2 aromatic carbocycles. The van der Waals surface area contributed by atoms with E-state index in [-0.39, 0.29) is 22.6 Å². The van der Waals surface area contributed by atoms with Gasteiger partial charge in [0.2, 0.25) is 21.8 Å². The number of halogens is 1. The first-order chi connectivity index (χ1) is 16.2. The van der Waals surface area contributed by atoms with Crippen LogP contribution in [0.3, 0.4) is 0 Å². The van der Waals surface area contributed by atoms with Crippen LogP contribution >= 0.6 is 15.9 Å². The third-order valence-corrected chi connectivity index (χ3v) is 9.53. The topological polar surface area (TPSA) is 86.8 Å². The highest BCUT2D eigenvalue weighted by Gasteiger charge is 2.39. The molecule has 0 saturated carbocycles. The first kappa shape index (κ1) is 24.9. The number of anilines is 1. The summed E-state index contributed by atoms with van der Waals surface area (Å²) in [6, 6.07) is 12.0. The molecule has 2 aliphatic rings. The fourth-order valence-electron chi connectivity index (χ4n) is 4.69. The van der Waals surface area contributed by atoms with Crippen molar-refractivity contribution in [1.82, 2.24) is 9.21 Å². The first-order valence-electron chi connectivity index (χ1n) is 11.6. The van der Waals surface area contributed by atoms with Crippen LogP contribution in [0.1, 0.15) is 36.8 Å². The van der Waals surface area contributed by atoms with Crippen LogP contribution in [0.25, 0.3) is 0 Å². The number of carbonyl (C=O) groups is 2. The lowest BCUT2D eigenvalue weighted by atomic mass is 9.96. The Balaban J connectivity index is 1.37. The normalized spacial score (nSPS) is 19.9. The predicted octanol–water partition coefficient (Wildman–Crippen LogP) is 4.10. The van der Waals surface area contributed by atoms with Gasteiger partial charge in [-0.25, -0.2) is 8.42 Å². The summed E-state index contributed by atoms with van der Waals surface area (Å²) < 4.78 is 28.4. The molecule has 1 atom stereocenters. The fourth-order valence-corrected chi connectivity index (χ4v) is 6.40. The molecule has 2 saturated heterocycles. The number of likely N-dealkylation sites (tertiary alicyclic amines) is 1. The van der Waals surface area contributed by atoms with Crippen molar-refractivity contribution in [2.45, 2.75) is 50.5 Å². The molecule has 0 spiro atoms. The average Bonchev–Trinajstić information content (AvgIpc) is 3.31. The van der Waals surface area contributed by atoms with Crippen LogP contribution in [-0.4, -0.2) is 55.1 Å². The molecule has 2 heterocycles. The highest BCUT2D eigenvalue weighted by molar-refractivity contribution is 9.10. The summed E-state index contributed by atoms with van der Waals surface area (Å²) in [6.07, 6.45) is 2.33. The van der Waals surface area contributed by atoms with Gasteiger partial charge in [0.05, 0.1) is 4.90 Å². The summed E-state index contributed by atoms with van der Waals surface area (Å²) >= 11 is 3.46. The van der Waals surface area contributed by atoms with Gasteiger partial charge < -0.3 is 10.2 Å². The minimum atomic E-state index is -3.57. The Morgan fingerprint density at radius 1 is 0.971 bits per heavy atom. The molecule has 0 radical (unpaired) electrons. The summed E-state index contributed by atoms with van der Waals surface area (Å²) in [5.41, 5.74) is 2.73. The molecule has 2 aromatic rings. The molecule has 0 bridgehead atoms. The van der Waals surface area contributed by atoms with Crippen molar-refractivity contribution in [2.24, 2.45) is 5.92 Å². The minimum absolute atomic E-state index is 0.0444. The molecular formula is C25H30BrN3O4S. The van der Waals surface area contributed by atoms with Gasteiger partial charge in [0.1, 0.15) is 6.04 Å². The number of piperidine rings is 1. The molecule has 2 amide bonds. The van der Waals surface area contributed by atoms with Crippen LogP contribution < -0.4 is 5.32 Å². The van der Waals surface area contributed by atoms with Crippen LogP contribution in [0.5, 0.6) is 0 Å². The zero-order chi connectivity index (χ0) is 24.5. The quantitative estimate of drug-likeness (QED) is 0.610. The van der Waals surface area contributed by atoms with Gasteiger partial charge in [0.25, 0.3) is 0 Å². The maximum atomic E-state index is 13.3. The maximum absolute atomic E-state index is 13.3. The van der Waals surface area contributed by atoms with Gasteiger partial charge in [-0.05, 0) is 75.4 Å². The molecule has 2 aliphatic heterocycles. The number of nitrogens with one attached hydrogen (secondary N) is 1. The summed E-state index contributed by atoms with van der Waals surface area (Å²) in [5, 5.41) is 2.95. The Hall–Kier alpha value is -2.23. The number of aryl methyl sites for hydroxylation is 2. The Morgan fingerprint density at radius 3 is 2.29 bits per heavy atom. The molecular weight excluding hydrogens is 518 g/mol. The molecule has 34 heavy (non-hydrogen) atoms. The number of amides is 2. The zero-order valence-corrected chi connectivity index (χ0v) is 21.9. The zero-order valence-electron chi connectivity index (χ0n) is 19.5. The Kier molecular flexibility index (Phi) is 7.45. The van der Waals surface area contributed by atoms with E-state index >= 15 is 0 Å². The lowest BCUT2D eigenvalue weighted by molar-refractivity contribution is -0.141. The Morgan fingerprint density at radius 2 is 1.65 bits per heavy atom. The SMILES string of the molecule is Cc1ccc(S(=O)(=O)N2CCC(C(=O)N3CCCC3C(=O)Nc3ccc(Br)c(C)c3)CC2)cc1. The molecule has 0 aliphatic carbocycles. The Labute approximate surface area is 209 Å². The molecule has 182 valence electrons. The van der Waals surface area contributed by atoms with E-state index < -0.39 is 16.1 Å². The highest BCUT2D eigenvalue weighted by atomic mass is 79.9. The highest BCUT2D eigenvalue weighted by Crippen LogP contribution is 2.29. The standard InChI is InChI=1S/C25H30BrN3O4S/c1-17-5-8-21(9-6-17)34(32,33)28-14-11-19(12-15-28)25(31)29-13-3-4-23(29)24(30)27-20-7-10-22(26)18(2)16-20/h5-10,16,19,23H,3-4,11-15H2,1-2H3,(H,27,30). The number of sulfonamides is 1. The van der Waals surface area contributed by atoms with Gasteiger partial charge in [-0.15, -0.1) is 0 Å². The molecule has 1 N–H and O–H groups in total. The number of nitrogens with zero attached hydrogens (tertiary/aromatic N) is 2. The van der Waals surface area contributed by atoms with Gasteiger partial charge in [0, 0.05) is 35.7 Å². The van der Waals surface area contributed by atoms with Gasteiger partial charge >= 0.3 is 0 Å². The van der Waals surface area contributed by atoms with Crippen molar-refractivity contribution in [3.8, 4) is 0 Å². The van der Waals surface area contributed by atoms with Gasteiger partial charge in [-0.3, -0.25) is 9.59 Å². The molecule has 1 unspecified atom stereocenters. The first-order valence-corrected chi connectivity index (χ1v) is 13.8. The second-order valence-electron chi connectivity index (χ2n) is 9.13. The fraction of sp³-hybridized carbons (Fsp3) is 0.440. The van der Waals surface area contributed by atoms with Gasteiger partial charge in [0.15, 0.2) is 0 Å². The van der Waals surface area contributed by atoms with Crippen LogP contribution in [0.4, 0.5) is 5.69 Å². The maximum Gasteiger partial charge on any atom is 0.247 e. The number of benzene rings is 2. The molecule has 7 nitrogen and oxygen atoms in total. The molecule has 2 fully saturated rings. The van der Waals surface area contributed by atoms with Crippen molar-refractivity contribution < 1.29 is 18.0 Å². The van der Waals surface area contributed by atoms with E-state index in [2.05, 4.69) is 21.2 Å². The summed E-state index contributed by atoms with van der Waals surface area (Å²) in [5.74, 6) is -0.489. The third-order valence-electron chi connectivity index (χ3n) is 6.73.